The van der Waals surface area contributed by atoms with Crippen molar-refractivity contribution in [1.82, 2.24) is 0 Å². The average molecular weight is 262 g/mol. The van der Waals surface area contributed by atoms with E-state index < -0.39 is 12.1 Å². The number of ether oxygens (including phenoxy) is 1. The van der Waals surface area contributed by atoms with Gasteiger partial charge in [-0.3, -0.25) is 0 Å². The largest absolute Gasteiger partial charge is 0.479 e. The number of hydrogen-bond donors (Lipinski definition) is 1. The van der Waals surface area contributed by atoms with Crippen molar-refractivity contribution in [1.29, 1.82) is 0 Å². The summed E-state index contributed by atoms with van der Waals surface area (Å²) in [5.41, 5.74) is 0.986. The number of allylic oxidation sites excluding steroid dienone is 1. The van der Waals surface area contributed by atoms with Gasteiger partial charge in [-0.2, -0.15) is 0 Å². The van der Waals surface area contributed by atoms with E-state index in [0.29, 0.717) is 18.9 Å². The van der Waals surface area contributed by atoms with E-state index in [0.717, 1.165) is 12.0 Å². The van der Waals surface area contributed by atoms with E-state index >= 15 is 0 Å². The number of carboxylic acids is 1. The monoisotopic (exact) mass is 262 g/mol. The van der Waals surface area contributed by atoms with Gasteiger partial charge in [0, 0.05) is 6.42 Å². The summed E-state index contributed by atoms with van der Waals surface area (Å²) in [6, 6.07) is 9.60. The van der Waals surface area contributed by atoms with E-state index in [1.165, 1.54) is 0 Å². The fourth-order valence-electron chi connectivity index (χ4n) is 1.60. The summed E-state index contributed by atoms with van der Waals surface area (Å²) in [6.45, 7) is 4.59. The van der Waals surface area contributed by atoms with Gasteiger partial charge >= 0.3 is 5.97 Å². The van der Waals surface area contributed by atoms with Crippen molar-refractivity contribution in [3.05, 3.63) is 48.0 Å². The van der Waals surface area contributed by atoms with Crippen molar-refractivity contribution in [2.24, 2.45) is 5.92 Å². The van der Waals surface area contributed by atoms with Gasteiger partial charge in [-0.25, -0.2) is 4.79 Å². The number of benzene rings is 1. The van der Waals surface area contributed by atoms with E-state index in [1.54, 1.807) is 0 Å². The molecule has 0 aromatic heterocycles. The Bertz CT molecular complexity index is 396. The first-order valence-electron chi connectivity index (χ1n) is 6.63. The molecule has 104 valence electrons. The van der Waals surface area contributed by atoms with Crippen molar-refractivity contribution < 1.29 is 14.6 Å². The number of hydrogen-bond acceptors (Lipinski definition) is 2. The van der Waals surface area contributed by atoms with E-state index in [1.807, 2.05) is 42.5 Å². The maximum Gasteiger partial charge on any atom is 0.333 e. The molecular weight excluding hydrogens is 240 g/mol. The molecule has 0 bridgehead atoms. The van der Waals surface area contributed by atoms with Crippen LogP contribution in [0.4, 0.5) is 0 Å². The summed E-state index contributed by atoms with van der Waals surface area (Å²) in [7, 11) is 0. The summed E-state index contributed by atoms with van der Waals surface area (Å²) in [5.74, 6) is -0.324. The molecule has 0 aliphatic carbocycles. The van der Waals surface area contributed by atoms with Crippen LogP contribution in [0.1, 0.15) is 32.3 Å². The standard InChI is InChI=1S/C16H22O3/c1-13(2)8-6-7-11-15(16(17)18)19-12-14-9-4-3-5-10-14/h3-7,9-10,13,15H,8,11-12H2,1-2H3,(H,17,18)/b7-6+. The van der Waals surface area contributed by atoms with Crippen molar-refractivity contribution in [3.63, 3.8) is 0 Å². The second-order valence-corrected chi connectivity index (χ2v) is 4.96. The Balaban J connectivity index is 2.41. The zero-order chi connectivity index (χ0) is 14.1. The summed E-state index contributed by atoms with van der Waals surface area (Å²) in [5, 5.41) is 9.10. The minimum atomic E-state index is -0.912. The number of rotatable bonds is 8. The molecule has 0 heterocycles. The molecule has 1 N–H and O–H groups in total. The Morgan fingerprint density at radius 2 is 1.84 bits per heavy atom. The lowest BCUT2D eigenvalue weighted by Gasteiger charge is -2.11. The number of carboxylic acid groups (broad SMARTS) is 1. The van der Waals surface area contributed by atoms with Gasteiger partial charge in [0.1, 0.15) is 0 Å². The lowest BCUT2D eigenvalue weighted by molar-refractivity contribution is -0.150. The molecular formula is C16H22O3. The summed E-state index contributed by atoms with van der Waals surface area (Å²) in [4.78, 5) is 11.1. The highest BCUT2D eigenvalue weighted by molar-refractivity contribution is 5.72. The highest BCUT2D eigenvalue weighted by Gasteiger charge is 2.16. The third-order valence-corrected chi connectivity index (χ3v) is 2.69. The van der Waals surface area contributed by atoms with Crippen LogP contribution >= 0.6 is 0 Å². The van der Waals surface area contributed by atoms with Gasteiger partial charge in [-0.1, -0.05) is 56.3 Å². The molecule has 1 aromatic carbocycles. The van der Waals surface area contributed by atoms with Crippen molar-refractivity contribution in [2.45, 2.75) is 39.4 Å². The Morgan fingerprint density at radius 3 is 2.42 bits per heavy atom. The normalized spacial score (nSPS) is 13.0. The van der Waals surface area contributed by atoms with Crippen LogP contribution < -0.4 is 0 Å². The molecule has 3 heteroatoms. The van der Waals surface area contributed by atoms with Gasteiger partial charge in [0.05, 0.1) is 6.61 Å². The Hall–Kier alpha value is -1.61. The Labute approximate surface area is 114 Å². The molecule has 1 rings (SSSR count). The van der Waals surface area contributed by atoms with Crippen molar-refractivity contribution in [2.75, 3.05) is 0 Å². The molecule has 0 aliphatic heterocycles. The van der Waals surface area contributed by atoms with Crippen LogP contribution in [0.15, 0.2) is 42.5 Å². The zero-order valence-corrected chi connectivity index (χ0v) is 11.6. The van der Waals surface area contributed by atoms with Crippen LogP contribution in [0.3, 0.4) is 0 Å². The molecule has 0 radical (unpaired) electrons. The highest BCUT2D eigenvalue weighted by atomic mass is 16.5. The first-order valence-corrected chi connectivity index (χ1v) is 6.63. The van der Waals surface area contributed by atoms with Gasteiger partial charge in [-0.15, -0.1) is 0 Å². The topological polar surface area (TPSA) is 46.5 Å². The smallest absolute Gasteiger partial charge is 0.333 e. The van der Waals surface area contributed by atoms with Crippen LogP contribution in [0.2, 0.25) is 0 Å². The van der Waals surface area contributed by atoms with Crippen molar-refractivity contribution in [3.8, 4) is 0 Å². The summed E-state index contributed by atoms with van der Waals surface area (Å²) >= 11 is 0. The van der Waals surface area contributed by atoms with Gasteiger partial charge in [0.25, 0.3) is 0 Å². The summed E-state index contributed by atoms with van der Waals surface area (Å²) in [6.07, 6.45) is 4.51. The molecule has 0 saturated carbocycles. The van der Waals surface area contributed by atoms with Crippen LogP contribution in [0.5, 0.6) is 0 Å². The minimum absolute atomic E-state index is 0.329. The molecule has 0 aliphatic rings. The third kappa shape index (κ3) is 6.77. The Morgan fingerprint density at radius 1 is 1.21 bits per heavy atom. The second-order valence-electron chi connectivity index (χ2n) is 4.96. The van der Waals surface area contributed by atoms with Crippen molar-refractivity contribution >= 4 is 5.97 Å². The van der Waals surface area contributed by atoms with Crippen LogP contribution in [0, 0.1) is 5.92 Å². The fourth-order valence-corrected chi connectivity index (χ4v) is 1.60. The van der Waals surface area contributed by atoms with Crippen LogP contribution in [-0.4, -0.2) is 17.2 Å². The molecule has 0 spiro atoms. The van der Waals surface area contributed by atoms with Gasteiger partial charge < -0.3 is 9.84 Å². The van der Waals surface area contributed by atoms with Crippen LogP contribution in [-0.2, 0) is 16.1 Å². The van der Waals surface area contributed by atoms with Gasteiger partial charge in [-0.05, 0) is 17.9 Å². The van der Waals surface area contributed by atoms with E-state index in [9.17, 15) is 4.79 Å². The van der Waals surface area contributed by atoms with Gasteiger partial charge in [0.15, 0.2) is 6.10 Å². The average Bonchev–Trinajstić information content (AvgIpc) is 2.38. The first kappa shape index (κ1) is 15.4. The fraction of sp³-hybridized carbons (Fsp3) is 0.438. The molecule has 0 saturated heterocycles. The predicted molar refractivity (Wildman–Crippen MR) is 75.9 cm³/mol. The van der Waals surface area contributed by atoms with Crippen LogP contribution in [0.25, 0.3) is 0 Å². The van der Waals surface area contributed by atoms with E-state index in [2.05, 4.69) is 13.8 Å². The quantitative estimate of drug-likeness (QED) is 0.727. The molecule has 19 heavy (non-hydrogen) atoms. The zero-order valence-electron chi connectivity index (χ0n) is 11.6. The Kier molecular flexibility index (Phi) is 6.90. The second kappa shape index (κ2) is 8.48. The van der Waals surface area contributed by atoms with E-state index in [4.69, 9.17) is 9.84 Å². The lowest BCUT2D eigenvalue weighted by atomic mass is 10.1. The van der Waals surface area contributed by atoms with Gasteiger partial charge in [0.2, 0.25) is 0 Å². The molecule has 1 atom stereocenters. The SMILES string of the molecule is CC(C)C/C=C/CC(OCc1ccccc1)C(=O)O. The predicted octanol–water partition coefficient (Wildman–Crippen LogP) is 3.65. The highest BCUT2D eigenvalue weighted by Crippen LogP contribution is 2.08. The summed E-state index contributed by atoms with van der Waals surface area (Å²) < 4.78 is 5.45. The first-order chi connectivity index (χ1) is 9.09. The number of carbonyl (C=O) groups is 1. The molecule has 1 aromatic rings. The van der Waals surface area contributed by atoms with E-state index in [-0.39, 0.29) is 0 Å². The maximum absolute atomic E-state index is 11.1. The minimum Gasteiger partial charge on any atom is -0.479 e. The number of aliphatic carboxylic acids is 1. The molecule has 0 amide bonds. The maximum atomic E-state index is 11.1. The lowest BCUT2D eigenvalue weighted by Crippen LogP contribution is -2.23. The molecule has 3 nitrogen and oxygen atoms in total. The third-order valence-electron chi connectivity index (χ3n) is 2.69. The molecule has 1 unspecified atom stereocenters. The molecule has 0 fully saturated rings.